The zero-order chi connectivity index (χ0) is 12.0. The molecular formula is C13H20FNO. The van der Waals surface area contributed by atoms with E-state index in [0.29, 0.717) is 12.4 Å². The first-order valence-electron chi connectivity index (χ1n) is 5.84. The highest BCUT2D eigenvalue weighted by molar-refractivity contribution is 5.36. The molecule has 1 aromatic rings. The lowest BCUT2D eigenvalue weighted by molar-refractivity contribution is 0.330. The molecule has 0 fully saturated rings. The quantitative estimate of drug-likeness (QED) is 0.802. The number of ether oxygens (including phenoxy) is 1. The van der Waals surface area contributed by atoms with Crippen LogP contribution in [-0.2, 0) is 0 Å². The van der Waals surface area contributed by atoms with Crippen LogP contribution in [0.3, 0.4) is 0 Å². The molecule has 1 aromatic carbocycles. The molecule has 0 radical (unpaired) electrons. The summed E-state index contributed by atoms with van der Waals surface area (Å²) >= 11 is 0. The molecule has 0 aromatic heterocycles. The van der Waals surface area contributed by atoms with E-state index in [2.05, 4.69) is 19.2 Å². The predicted molar refractivity (Wildman–Crippen MR) is 64.3 cm³/mol. The molecule has 0 spiro atoms. The topological polar surface area (TPSA) is 21.3 Å². The molecule has 0 aliphatic heterocycles. The Morgan fingerprint density at radius 3 is 2.75 bits per heavy atom. The zero-order valence-corrected chi connectivity index (χ0v) is 10.2. The molecule has 0 aliphatic carbocycles. The van der Waals surface area contributed by atoms with Crippen molar-refractivity contribution in [3.05, 3.63) is 29.6 Å². The average Bonchev–Trinajstić information content (AvgIpc) is 2.26. The van der Waals surface area contributed by atoms with E-state index >= 15 is 0 Å². The highest BCUT2D eigenvalue weighted by atomic mass is 19.1. The van der Waals surface area contributed by atoms with Gasteiger partial charge in [-0.2, -0.15) is 0 Å². The summed E-state index contributed by atoms with van der Waals surface area (Å²) in [5, 5.41) is 3.36. The summed E-state index contributed by atoms with van der Waals surface area (Å²) in [6, 6.07) is 4.89. The molecule has 0 saturated carbocycles. The molecule has 2 nitrogen and oxygen atoms in total. The number of hydrogen-bond acceptors (Lipinski definition) is 2. The van der Waals surface area contributed by atoms with Crippen molar-refractivity contribution >= 4 is 0 Å². The Morgan fingerprint density at radius 2 is 2.12 bits per heavy atom. The molecule has 3 heteroatoms. The maximum atomic E-state index is 13.1. The Balaban J connectivity index is 2.84. The van der Waals surface area contributed by atoms with Crippen molar-refractivity contribution in [2.75, 3.05) is 13.2 Å². The van der Waals surface area contributed by atoms with Crippen LogP contribution in [0.1, 0.15) is 38.8 Å². The van der Waals surface area contributed by atoms with Crippen molar-refractivity contribution < 1.29 is 9.13 Å². The molecule has 0 bridgehead atoms. The van der Waals surface area contributed by atoms with Gasteiger partial charge in [0.15, 0.2) is 0 Å². The lowest BCUT2D eigenvalue weighted by Crippen LogP contribution is -2.20. The van der Waals surface area contributed by atoms with E-state index in [9.17, 15) is 4.39 Å². The van der Waals surface area contributed by atoms with Gasteiger partial charge in [0, 0.05) is 17.7 Å². The largest absolute Gasteiger partial charge is 0.493 e. The predicted octanol–water partition coefficient (Wildman–Crippen LogP) is 3.29. The van der Waals surface area contributed by atoms with Crippen molar-refractivity contribution in [1.82, 2.24) is 5.32 Å². The van der Waals surface area contributed by atoms with Crippen LogP contribution in [0.5, 0.6) is 5.75 Å². The number of rotatable bonds is 6. The third-order valence-corrected chi connectivity index (χ3v) is 2.44. The maximum absolute atomic E-state index is 13.1. The Labute approximate surface area is 96.8 Å². The maximum Gasteiger partial charge on any atom is 0.126 e. The first kappa shape index (κ1) is 13.0. The summed E-state index contributed by atoms with van der Waals surface area (Å²) in [5.74, 6) is 0.383. The van der Waals surface area contributed by atoms with Gasteiger partial charge < -0.3 is 10.1 Å². The van der Waals surface area contributed by atoms with Gasteiger partial charge in [0.2, 0.25) is 0 Å². The van der Waals surface area contributed by atoms with E-state index in [1.54, 1.807) is 6.07 Å². The second-order valence-corrected chi connectivity index (χ2v) is 3.79. The fourth-order valence-corrected chi connectivity index (χ4v) is 1.62. The summed E-state index contributed by atoms with van der Waals surface area (Å²) in [7, 11) is 0. The molecule has 0 aliphatic rings. The minimum absolute atomic E-state index is 0.182. The van der Waals surface area contributed by atoms with E-state index in [0.717, 1.165) is 18.5 Å². The molecule has 1 unspecified atom stereocenters. The van der Waals surface area contributed by atoms with Crippen LogP contribution in [0.4, 0.5) is 4.39 Å². The molecule has 16 heavy (non-hydrogen) atoms. The number of halogens is 1. The summed E-state index contributed by atoms with van der Waals surface area (Å²) < 4.78 is 18.5. The highest BCUT2D eigenvalue weighted by Gasteiger charge is 2.11. The lowest BCUT2D eigenvalue weighted by atomic mass is 10.1. The van der Waals surface area contributed by atoms with Gasteiger partial charge >= 0.3 is 0 Å². The minimum atomic E-state index is -0.255. The van der Waals surface area contributed by atoms with Crippen LogP contribution >= 0.6 is 0 Å². The lowest BCUT2D eigenvalue weighted by Gasteiger charge is -2.17. The third kappa shape index (κ3) is 3.49. The number of nitrogens with one attached hydrogen (secondary N) is 1. The van der Waals surface area contributed by atoms with Crippen molar-refractivity contribution in [2.45, 2.75) is 33.2 Å². The van der Waals surface area contributed by atoms with E-state index in [4.69, 9.17) is 4.74 Å². The monoisotopic (exact) mass is 225 g/mol. The van der Waals surface area contributed by atoms with E-state index in [-0.39, 0.29) is 11.9 Å². The van der Waals surface area contributed by atoms with Gasteiger partial charge in [-0.3, -0.25) is 0 Å². The SMILES string of the molecule is CCCNC(C)c1ccc(F)cc1OCC. The third-order valence-electron chi connectivity index (χ3n) is 2.44. The molecular weight excluding hydrogens is 205 g/mol. The van der Waals surface area contributed by atoms with Crippen molar-refractivity contribution in [1.29, 1.82) is 0 Å². The van der Waals surface area contributed by atoms with Crippen LogP contribution in [0.15, 0.2) is 18.2 Å². The second kappa shape index (κ2) is 6.48. The van der Waals surface area contributed by atoms with Crippen LogP contribution in [0, 0.1) is 5.82 Å². The van der Waals surface area contributed by atoms with Crippen LogP contribution in [0.2, 0.25) is 0 Å². The molecule has 1 atom stereocenters. The fraction of sp³-hybridized carbons (Fsp3) is 0.538. The van der Waals surface area contributed by atoms with Gasteiger partial charge in [-0.05, 0) is 32.9 Å². The Bertz CT molecular complexity index is 328. The average molecular weight is 225 g/mol. The normalized spacial score (nSPS) is 12.5. The van der Waals surface area contributed by atoms with Crippen LogP contribution in [-0.4, -0.2) is 13.2 Å². The summed E-state index contributed by atoms with van der Waals surface area (Å²) in [4.78, 5) is 0. The molecule has 90 valence electrons. The Hall–Kier alpha value is -1.09. The first-order chi connectivity index (χ1) is 7.69. The second-order valence-electron chi connectivity index (χ2n) is 3.79. The van der Waals surface area contributed by atoms with Gasteiger partial charge in [0.1, 0.15) is 11.6 Å². The number of hydrogen-bond donors (Lipinski definition) is 1. The summed E-state index contributed by atoms with van der Waals surface area (Å²) in [5.41, 5.74) is 1.01. The Morgan fingerprint density at radius 1 is 1.38 bits per heavy atom. The van der Waals surface area contributed by atoms with Gasteiger partial charge in [0.25, 0.3) is 0 Å². The van der Waals surface area contributed by atoms with Crippen LogP contribution in [0.25, 0.3) is 0 Å². The molecule has 1 N–H and O–H groups in total. The smallest absolute Gasteiger partial charge is 0.126 e. The molecule has 0 saturated heterocycles. The van der Waals surface area contributed by atoms with Crippen molar-refractivity contribution in [3.8, 4) is 5.75 Å². The first-order valence-corrected chi connectivity index (χ1v) is 5.84. The van der Waals surface area contributed by atoms with Gasteiger partial charge in [-0.15, -0.1) is 0 Å². The standard InChI is InChI=1S/C13H20FNO/c1-4-8-15-10(3)12-7-6-11(14)9-13(12)16-5-2/h6-7,9-10,15H,4-5,8H2,1-3H3. The van der Waals surface area contributed by atoms with E-state index < -0.39 is 0 Å². The van der Waals surface area contributed by atoms with Gasteiger partial charge in [-0.25, -0.2) is 4.39 Å². The van der Waals surface area contributed by atoms with Gasteiger partial charge in [0.05, 0.1) is 6.61 Å². The minimum Gasteiger partial charge on any atom is -0.493 e. The number of benzene rings is 1. The van der Waals surface area contributed by atoms with Crippen molar-refractivity contribution in [3.63, 3.8) is 0 Å². The summed E-state index contributed by atoms with van der Waals surface area (Å²) in [6.45, 7) is 7.58. The van der Waals surface area contributed by atoms with E-state index in [1.165, 1.54) is 12.1 Å². The Kier molecular flexibility index (Phi) is 5.26. The fourth-order valence-electron chi connectivity index (χ4n) is 1.62. The van der Waals surface area contributed by atoms with Crippen molar-refractivity contribution in [2.24, 2.45) is 0 Å². The molecule has 0 heterocycles. The molecule has 0 amide bonds. The van der Waals surface area contributed by atoms with Gasteiger partial charge in [-0.1, -0.05) is 13.0 Å². The zero-order valence-electron chi connectivity index (χ0n) is 10.2. The highest BCUT2D eigenvalue weighted by Crippen LogP contribution is 2.26. The summed E-state index contributed by atoms with van der Waals surface area (Å²) in [6.07, 6.45) is 1.08. The van der Waals surface area contributed by atoms with Crippen LogP contribution < -0.4 is 10.1 Å². The molecule has 1 rings (SSSR count). The van der Waals surface area contributed by atoms with E-state index in [1.807, 2.05) is 6.92 Å².